The topological polar surface area (TPSA) is 46.4 Å². The maximum Gasteiger partial charge on any atom is 0.269 e. The molecular weight excluding hydrogens is 272 g/mol. The van der Waals surface area contributed by atoms with Crippen molar-refractivity contribution in [2.24, 2.45) is 0 Å². The molecule has 1 aliphatic heterocycles. The molecule has 0 saturated carbocycles. The smallest absolute Gasteiger partial charge is 0.269 e. The van der Waals surface area contributed by atoms with Crippen LogP contribution in [0, 0.1) is 10.1 Å². The zero-order valence-corrected chi connectivity index (χ0v) is 12.1. The van der Waals surface area contributed by atoms with Crippen LogP contribution in [0.2, 0.25) is 0 Å². The van der Waals surface area contributed by atoms with E-state index in [1.807, 2.05) is 23.5 Å². The normalized spacial score (nSPS) is 18.8. The van der Waals surface area contributed by atoms with Gasteiger partial charge in [-0.05, 0) is 35.9 Å². The standard InChI is InChI=1S/C15H16N2O2S/c1-11-14-7-9-20-15(14)6-8-16(11)10-12-2-4-13(5-3-12)17(18)19/h2-5,7,9,11H,6,8,10H2,1H3. The third-order valence-electron chi connectivity index (χ3n) is 3.94. The van der Waals surface area contributed by atoms with Crippen molar-refractivity contribution in [3.8, 4) is 0 Å². The van der Waals surface area contributed by atoms with Crippen molar-refractivity contribution < 1.29 is 4.92 Å². The van der Waals surface area contributed by atoms with Gasteiger partial charge in [0.05, 0.1) is 4.92 Å². The van der Waals surface area contributed by atoms with Crippen LogP contribution in [0.3, 0.4) is 0 Å². The highest BCUT2D eigenvalue weighted by Crippen LogP contribution is 2.33. The lowest BCUT2D eigenvalue weighted by molar-refractivity contribution is -0.384. The molecule has 1 aromatic carbocycles. The maximum atomic E-state index is 10.7. The van der Waals surface area contributed by atoms with Gasteiger partial charge in [-0.15, -0.1) is 11.3 Å². The van der Waals surface area contributed by atoms with Gasteiger partial charge in [0.1, 0.15) is 0 Å². The van der Waals surface area contributed by atoms with Gasteiger partial charge in [-0.25, -0.2) is 0 Å². The predicted molar refractivity (Wildman–Crippen MR) is 79.9 cm³/mol. The van der Waals surface area contributed by atoms with Crippen molar-refractivity contribution in [1.29, 1.82) is 0 Å². The molecule has 1 aromatic heterocycles. The van der Waals surface area contributed by atoms with Gasteiger partial charge in [0.25, 0.3) is 5.69 Å². The second kappa shape index (κ2) is 5.34. The predicted octanol–water partition coefficient (Wildman–Crippen LogP) is 3.78. The quantitative estimate of drug-likeness (QED) is 0.638. The Morgan fingerprint density at radius 3 is 2.80 bits per heavy atom. The molecule has 1 atom stereocenters. The third kappa shape index (κ3) is 2.46. The number of benzene rings is 1. The lowest BCUT2D eigenvalue weighted by Crippen LogP contribution is -2.32. The molecule has 0 aliphatic carbocycles. The fraction of sp³-hybridized carbons (Fsp3) is 0.333. The van der Waals surface area contributed by atoms with E-state index >= 15 is 0 Å². The van der Waals surface area contributed by atoms with Crippen LogP contribution in [0.15, 0.2) is 35.7 Å². The third-order valence-corrected chi connectivity index (χ3v) is 4.93. The summed E-state index contributed by atoms with van der Waals surface area (Å²) in [7, 11) is 0. The Kier molecular flexibility index (Phi) is 3.54. The van der Waals surface area contributed by atoms with Crippen molar-refractivity contribution in [1.82, 2.24) is 4.90 Å². The summed E-state index contributed by atoms with van der Waals surface area (Å²) < 4.78 is 0. The molecule has 5 heteroatoms. The molecular formula is C15H16N2O2S. The van der Waals surface area contributed by atoms with Crippen LogP contribution in [0.1, 0.15) is 29.0 Å². The Balaban J connectivity index is 1.74. The van der Waals surface area contributed by atoms with Gasteiger partial charge in [0.2, 0.25) is 0 Å². The largest absolute Gasteiger partial charge is 0.292 e. The van der Waals surface area contributed by atoms with Gasteiger partial charge in [0, 0.05) is 36.1 Å². The number of hydrogen-bond donors (Lipinski definition) is 0. The van der Waals surface area contributed by atoms with E-state index in [0.29, 0.717) is 6.04 Å². The van der Waals surface area contributed by atoms with Crippen LogP contribution >= 0.6 is 11.3 Å². The van der Waals surface area contributed by atoms with E-state index in [-0.39, 0.29) is 10.6 Å². The Labute approximate surface area is 121 Å². The number of hydrogen-bond acceptors (Lipinski definition) is 4. The van der Waals surface area contributed by atoms with Gasteiger partial charge in [-0.2, -0.15) is 0 Å². The Morgan fingerprint density at radius 2 is 2.10 bits per heavy atom. The van der Waals surface area contributed by atoms with Crippen LogP contribution in [0.4, 0.5) is 5.69 Å². The molecule has 0 N–H and O–H groups in total. The molecule has 3 rings (SSSR count). The van der Waals surface area contributed by atoms with Crippen molar-refractivity contribution in [3.05, 3.63) is 61.8 Å². The van der Waals surface area contributed by atoms with Crippen molar-refractivity contribution in [2.45, 2.75) is 25.9 Å². The lowest BCUT2D eigenvalue weighted by Gasteiger charge is -2.33. The van der Waals surface area contributed by atoms with Crippen molar-refractivity contribution >= 4 is 17.0 Å². The molecule has 0 amide bonds. The molecule has 104 valence electrons. The van der Waals surface area contributed by atoms with Gasteiger partial charge in [0.15, 0.2) is 0 Å². The summed E-state index contributed by atoms with van der Waals surface area (Å²) in [6.07, 6.45) is 1.10. The van der Waals surface area contributed by atoms with Crippen LogP contribution in [0.25, 0.3) is 0 Å². The van der Waals surface area contributed by atoms with Crippen LogP contribution in [-0.4, -0.2) is 16.4 Å². The molecule has 4 nitrogen and oxygen atoms in total. The summed E-state index contributed by atoms with van der Waals surface area (Å²) in [6, 6.07) is 9.51. The SMILES string of the molecule is CC1c2ccsc2CCN1Cc1ccc([N+](=O)[O-])cc1. The first-order valence-electron chi connectivity index (χ1n) is 6.69. The number of nitro benzene ring substituents is 1. The first-order valence-corrected chi connectivity index (χ1v) is 7.57. The second-order valence-electron chi connectivity index (χ2n) is 5.12. The van der Waals surface area contributed by atoms with Gasteiger partial charge in [-0.3, -0.25) is 15.0 Å². The van der Waals surface area contributed by atoms with E-state index in [4.69, 9.17) is 0 Å². The van der Waals surface area contributed by atoms with E-state index in [0.717, 1.165) is 25.1 Å². The first-order chi connectivity index (χ1) is 9.65. The highest BCUT2D eigenvalue weighted by molar-refractivity contribution is 7.10. The van der Waals surface area contributed by atoms with E-state index < -0.39 is 0 Å². The van der Waals surface area contributed by atoms with E-state index in [9.17, 15) is 10.1 Å². The fourth-order valence-corrected chi connectivity index (χ4v) is 3.70. The Bertz CT molecular complexity index is 621. The number of non-ortho nitro benzene ring substituents is 1. The molecule has 20 heavy (non-hydrogen) atoms. The summed E-state index contributed by atoms with van der Waals surface area (Å²) >= 11 is 1.84. The molecule has 1 aliphatic rings. The summed E-state index contributed by atoms with van der Waals surface area (Å²) in [5.41, 5.74) is 2.71. The van der Waals surface area contributed by atoms with Crippen LogP contribution in [-0.2, 0) is 13.0 Å². The van der Waals surface area contributed by atoms with Crippen LogP contribution in [0.5, 0.6) is 0 Å². The summed E-state index contributed by atoms with van der Waals surface area (Å²) in [6.45, 7) is 4.12. The molecule has 0 fully saturated rings. The minimum absolute atomic E-state index is 0.153. The number of nitro groups is 1. The number of nitrogens with zero attached hydrogens (tertiary/aromatic N) is 2. The van der Waals surface area contributed by atoms with Gasteiger partial charge >= 0.3 is 0 Å². The molecule has 0 saturated heterocycles. The Hall–Kier alpha value is -1.72. The highest BCUT2D eigenvalue weighted by Gasteiger charge is 2.24. The summed E-state index contributed by atoms with van der Waals surface area (Å²) in [4.78, 5) is 14.2. The van der Waals surface area contributed by atoms with E-state index in [1.165, 1.54) is 10.4 Å². The average molecular weight is 288 g/mol. The second-order valence-corrected chi connectivity index (χ2v) is 6.12. The fourth-order valence-electron chi connectivity index (χ4n) is 2.74. The molecule has 2 aromatic rings. The molecule has 2 heterocycles. The first kappa shape index (κ1) is 13.3. The summed E-state index contributed by atoms with van der Waals surface area (Å²) in [5.74, 6) is 0. The summed E-state index contributed by atoms with van der Waals surface area (Å²) in [5, 5.41) is 12.8. The molecule has 0 radical (unpaired) electrons. The molecule has 0 spiro atoms. The highest BCUT2D eigenvalue weighted by atomic mass is 32.1. The lowest BCUT2D eigenvalue weighted by atomic mass is 10.0. The van der Waals surface area contributed by atoms with E-state index in [1.54, 1.807) is 12.1 Å². The molecule has 1 unspecified atom stereocenters. The number of fused-ring (bicyclic) bond motifs is 1. The van der Waals surface area contributed by atoms with Crippen molar-refractivity contribution in [2.75, 3.05) is 6.54 Å². The van der Waals surface area contributed by atoms with Gasteiger partial charge in [-0.1, -0.05) is 12.1 Å². The Morgan fingerprint density at radius 1 is 1.35 bits per heavy atom. The zero-order valence-electron chi connectivity index (χ0n) is 11.3. The average Bonchev–Trinajstić information content (AvgIpc) is 2.92. The minimum Gasteiger partial charge on any atom is -0.292 e. The van der Waals surface area contributed by atoms with Gasteiger partial charge < -0.3 is 0 Å². The number of rotatable bonds is 3. The van der Waals surface area contributed by atoms with Crippen LogP contribution < -0.4 is 0 Å². The van der Waals surface area contributed by atoms with E-state index in [2.05, 4.69) is 23.3 Å². The zero-order chi connectivity index (χ0) is 14.1. The minimum atomic E-state index is -0.356. The molecule has 0 bridgehead atoms. The maximum absolute atomic E-state index is 10.7. The monoisotopic (exact) mass is 288 g/mol. The van der Waals surface area contributed by atoms with Crippen molar-refractivity contribution in [3.63, 3.8) is 0 Å². The number of thiophene rings is 1.